The van der Waals surface area contributed by atoms with E-state index in [1.165, 1.54) is 0 Å². The molecule has 0 saturated carbocycles. The summed E-state index contributed by atoms with van der Waals surface area (Å²) in [6, 6.07) is 7.35. The van der Waals surface area contributed by atoms with Crippen LogP contribution in [-0.4, -0.2) is 40.6 Å². The molecule has 0 aliphatic carbocycles. The maximum Gasteiger partial charge on any atom is 0.229 e. The Morgan fingerprint density at radius 3 is 3.00 bits per heavy atom. The van der Waals surface area contributed by atoms with E-state index in [0.29, 0.717) is 42.9 Å². The molecule has 0 radical (unpaired) electrons. The minimum Gasteiger partial charge on any atom is -0.366 e. The highest BCUT2D eigenvalue weighted by Gasteiger charge is 2.29. The number of morpholine rings is 1. The maximum absolute atomic E-state index is 12.5. The predicted molar refractivity (Wildman–Crippen MR) is 88.8 cm³/mol. The SMILES string of the molecule is CC(C)c1nc([C@@H]2CN(C(=O)Cc3cccc(Cl)c3)CCO2)no1. The topological polar surface area (TPSA) is 68.5 Å². The minimum atomic E-state index is -0.349. The van der Waals surface area contributed by atoms with E-state index in [-0.39, 0.29) is 17.9 Å². The van der Waals surface area contributed by atoms with Crippen LogP contribution in [0.5, 0.6) is 0 Å². The van der Waals surface area contributed by atoms with Crippen LogP contribution in [0, 0.1) is 0 Å². The van der Waals surface area contributed by atoms with Gasteiger partial charge >= 0.3 is 0 Å². The molecule has 128 valence electrons. The zero-order valence-electron chi connectivity index (χ0n) is 13.7. The summed E-state index contributed by atoms with van der Waals surface area (Å²) in [5.74, 6) is 1.28. The van der Waals surface area contributed by atoms with Gasteiger partial charge in [-0.3, -0.25) is 4.79 Å². The van der Waals surface area contributed by atoms with Gasteiger partial charge in [-0.25, -0.2) is 0 Å². The van der Waals surface area contributed by atoms with E-state index in [9.17, 15) is 4.79 Å². The zero-order valence-corrected chi connectivity index (χ0v) is 14.5. The fourth-order valence-electron chi connectivity index (χ4n) is 2.58. The molecule has 1 fully saturated rings. The van der Waals surface area contributed by atoms with Crippen molar-refractivity contribution in [2.75, 3.05) is 19.7 Å². The molecule has 6 nitrogen and oxygen atoms in total. The molecular formula is C17H20ClN3O3. The molecule has 1 aromatic carbocycles. The third kappa shape index (κ3) is 3.94. The van der Waals surface area contributed by atoms with Crippen molar-refractivity contribution in [3.63, 3.8) is 0 Å². The Kier molecular flexibility index (Phi) is 5.16. The van der Waals surface area contributed by atoms with Gasteiger partial charge in [0.25, 0.3) is 0 Å². The van der Waals surface area contributed by atoms with Crippen molar-refractivity contribution < 1.29 is 14.1 Å². The first kappa shape index (κ1) is 16.9. The van der Waals surface area contributed by atoms with Gasteiger partial charge in [-0.15, -0.1) is 0 Å². The van der Waals surface area contributed by atoms with Crippen LogP contribution in [-0.2, 0) is 16.0 Å². The molecule has 1 aliphatic heterocycles. The quantitative estimate of drug-likeness (QED) is 0.848. The number of ether oxygens (including phenoxy) is 1. The molecule has 0 spiro atoms. The summed E-state index contributed by atoms with van der Waals surface area (Å²) in [6.07, 6.45) is -0.0325. The molecular weight excluding hydrogens is 330 g/mol. The molecule has 2 heterocycles. The van der Waals surface area contributed by atoms with Crippen molar-refractivity contribution >= 4 is 17.5 Å². The van der Waals surface area contributed by atoms with Crippen LogP contribution in [0.4, 0.5) is 0 Å². The third-order valence-electron chi connectivity index (χ3n) is 3.90. The van der Waals surface area contributed by atoms with Crippen molar-refractivity contribution in [3.05, 3.63) is 46.6 Å². The molecule has 0 bridgehead atoms. The van der Waals surface area contributed by atoms with Crippen LogP contribution in [0.25, 0.3) is 0 Å². The monoisotopic (exact) mass is 349 g/mol. The van der Waals surface area contributed by atoms with Gasteiger partial charge in [0.05, 0.1) is 19.6 Å². The smallest absolute Gasteiger partial charge is 0.229 e. The fraction of sp³-hybridized carbons (Fsp3) is 0.471. The first-order valence-electron chi connectivity index (χ1n) is 8.00. The second-order valence-corrected chi connectivity index (χ2v) is 6.59. The first-order chi connectivity index (χ1) is 11.5. The second-order valence-electron chi connectivity index (χ2n) is 6.15. The van der Waals surface area contributed by atoms with E-state index in [2.05, 4.69) is 10.1 Å². The van der Waals surface area contributed by atoms with Crippen LogP contribution < -0.4 is 0 Å². The van der Waals surface area contributed by atoms with E-state index >= 15 is 0 Å². The summed E-state index contributed by atoms with van der Waals surface area (Å²) < 4.78 is 10.9. The van der Waals surface area contributed by atoms with Crippen LogP contribution in [0.3, 0.4) is 0 Å². The summed E-state index contributed by atoms with van der Waals surface area (Å²) in [5.41, 5.74) is 0.900. The summed E-state index contributed by atoms with van der Waals surface area (Å²) >= 11 is 5.97. The van der Waals surface area contributed by atoms with Crippen molar-refractivity contribution in [2.45, 2.75) is 32.3 Å². The second kappa shape index (κ2) is 7.32. The van der Waals surface area contributed by atoms with E-state index in [4.69, 9.17) is 20.9 Å². The molecule has 2 aromatic rings. The number of hydrogen-bond donors (Lipinski definition) is 0. The lowest BCUT2D eigenvalue weighted by Gasteiger charge is -2.31. The largest absolute Gasteiger partial charge is 0.366 e. The summed E-state index contributed by atoms with van der Waals surface area (Å²) in [5, 5.41) is 4.62. The highest BCUT2D eigenvalue weighted by molar-refractivity contribution is 6.30. The Hall–Kier alpha value is -1.92. The van der Waals surface area contributed by atoms with E-state index in [1.807, 2.05) is 32.0 Å². The van der Waals surface area contributed by atoms with Crippen molar-refractivity contribution in [3.8, 4) is 0 Å². The Bertz CT molecular complexity index is 717. The van der Waals surface area contributed by atoms with E-state index in [0.717, 1.165) is 5.56 Å². The number of carbonyl (C=O) groups excluding carboxylic acids is 1. The number of aromatic nitrogens is 2. The van der Waals surface area contributed by atoms with Crippen molar-refractivity contribution in [1.82, 2.24) is 15.0 Å². The molecule has 7 heteroatoms. The van der Waals surface area contributed by atoms with Gasteiger partial charge in [-0.05, 0) is 17.7 Å². The predicted octanol–water partition coefficient (Wildman–Crippen LogP) is 2.99. The number of rotatable bonds is 4. The van der Waals surface area contributed by atoms with Gasteiger partial charge < -0.3 is 14.2 Å². The summed E-state index contributed by atoms with van der Waals surface area (Å²) in [6.45, 7) is 5.42. The Morgan fingerprint density at radius 1 is 1.46 bits per heavy atom. The Morgan fingerprint density at radius 2 is 2.29 bits per heavy atom. The van der Waals surface area contributed by atoms with Gasteiger partial charge in [0.2, 0.25) is 17.6 Å². The highest BCUT2D eigenvalue weighted by atomic mass is 35.5. The van der Waals surface area contributed by atoms with Gasteiger partial charge in [-0.1, -0.05) is 42.7 Å². The highest BCUT2D eigenvalue weighted by Crippen LogP contribution is 2.22. The van der Waals surface area contributed by atoms with E-state index < -0.39 is 0 Å². The average molecular weight is 350 g/mol. The number of halogens is 1. The normalized spacial score (nSPS) is 18.2. The zero-order chi connectivity index (χ0) is 17.1. The molecule has 1 saturated heterocycles. The van der Waals surface area contributed by atoms with Crippen LogP contribution >= 0.6 is 11.6 Å². The van der Waals surface area contributed by atoms with Gasteiger partial charge in [0.15, 0.2) is 0 Å². The molecule has 24 heavy (non-hydrogen) atoms. The Labute approximate surface area is 145 Å². The number of nitrogens with zero attached hydrogens (tertiary/aromatic N) is 3. The standard InChI is InChI=1S/C17H20ClN3O3/c1-11(2)17-19-16(20-24-17)14-10-21(6-7-23-14)15(22)9-12-4-3-5-13(18)8-12/h3-5,8,11,14H,6-7,9-10H2,1-2H3/t14-/m0/s1. The minimum absolute atomic E-state index is 0.0399. The third-order valence-corrected chi connectivity index (χ3v) is 4.14. The number of carbonyl (C=O) groups is 1. The van der Waals surface area contributed by atoms with Gasteiger partial charge in [0, 0.05) is 17.5 Å². The van der Waals surface area contributed by atoms with Crippen LogP contribution in [0.15, 0.2) is 28.8 Å². The molecule has 3 rings (SSSR count). The first-order valence-corrected chi connectivity index (χ1v) is 8.38. The molecule has 1 aliphatic rings. The fourth-order valence-corrected chi connectivity index (χ4v) is 2.79. The average Bonchev–Trinajstić information content (AvgIpc) is 3.05. The van der Waals surface area contributed by atoms with E-state index in [1.54, 1.807) is 11.0 Å². The van der Waals surface area contributed by atoms with Crippen molar-refractivity contribution in [1.29, 1.82) is 0 Å². The Balaban J connectivity index is 1.65. The van der Waals surface area contributed by atoms with Gasteiger partial charge in [-0.2, -0.15) is 4.98 Å². The summed E-state index contributed by atoms with van der Waals surface area (Å²) in [4.78, 5) is 18.7. The summed E-state index contributed by atoms with van der Waals surface area (Å²) in [7, 11) is 0. The van der Waals surface area contributed by atoms with Crippen molar-refractivity contribution in [2.24, 2.45) is 0 Å². The molecule has 1 aromatic heterocycles. The molecule has 1 amide bonds. The molecule has 0 N–H and O–H groups in total. The van der Waals surface area contributed by atoms with Crippen LogP contribution in [0.2, 0.25) is 5.02 Å². The number of benzene rings is 1. The lowest BCUT2D eigenvalue weighted by molar-refractivity contribution is -0.138. The number of amides is 1. The van der Waals surface area contributed by atoms with Crippen LogP contribution in [0.1, 0.15) is 43.1 Å². The van der Waals surface area contributed by atoms with Gasteiger partial charge in [0.1, 0.15) is 6.10 Å². The lowest BCUT2D eigenvalue weighted by Crippen LogP contribution is -2.43. The maximum atomic E-state index is 12.5. The lowest BCUT2D eigenvalue weighted by atomic mass is 10.1. The molecule has 0 unspecified atom stereocenters. The molecule has 1 atom stereocenters. The number of hydrogen-bond acceptors (Lipinski definition) is 5.